The molecule has 2 unspecified atom stereocenters. The summed E-state index contributed by atoms with van der Waals surface area (Å²) < 4.78 is 0.00521. The first-order valence-corrected chi connectivity index (χ1v) is 5.50. The molecule has 0 aromatic heterocycles. The molecule has 0 aliphatic heterocycles. The maximum absolute atomic E-state index is 9.72. The van der Waals surface area contributed by atoms with E-state index in [0.29, 0.717) is 11.8 Å². The van der Waals surface area contributed by atoms with Crippen LogP contribution in [0, 0.1) is 11.8 Å². The van der Waals surface area contributed by atoms with E-state index in [9.17, 15) is 5.11 Å². The first-order chi connectivity index (χ1) is 5.71. The predicted octanol–water partition coefficient (Wildman–Crippen LogP) is 2.49. The molecule has 2 aliphatic carbocycles. The van der Waals surface area contributed by atoms with Gasteiger partial charge in [-0.25, -0.2) is 0 Å². The van der Waals surface area contributed by atoms with Crippen LogP contribution >= 0.6 is 15.9 Å². The second-order valence-electron chi connectivity index (χ2n) is 4.01. The Morgan fingerprint density at radius 3 is 2.33 bits per heavy atom. The minimum Gasteiger partial charge on any atom is -0.388 e. The summed E-state index contributed by atoms with van der Waals surface area (Å²) in [4.78, 5) is 0. The molecule has 1 nitrogen and oxygen atoms in total. The molecule has 0 bridgehead atoms. The van der Waals surface area contributed by atoms with Crippen molar-refractivity contribution in [3.63, 3.8) is 0 Å². The topological polar surface area (TPSA) is 20.2 Å². The van der Waals surface area contributed by atoms with E-state index >= 15 is 0 Å². The lowest BCUT2D eigenvalue weighted by Gasteiger charge is -2.13. The van der Waals surface area contributed by atoms with Gasteiger partial charge >= 0.3 is 0 Å². The largest absolute Gasteiger partial charge is 0.388 e. The molecule has 0 saturated heterocycles. The second-order valence-corrected chi connectivity index (χ2v) is 5.38. The van der Waals surface area contributed by atoms with Crippen LogP contribution in [0.25, 0.3) is 0 Å². The third-order valence-corrected chi connectivity index (χ3v) is 5.12. The Morgan fingerprint density at radius 2 is 1.92 bits per heavy atom. The molecule has 1 N–H and O–H groups in total. The molecule has 0 aromatic carbocycles. The number of halogens is 1. The van der Waals surface area contributed by atoms with Gasteiger partial charge in [0, 0.05) is 0 Å². The van der Waals surface area contributed by atoms with Crippen LogP contribution in [-0.2, 0) is 0 Å². The molecule has 0 radical (unpaired) electrons. The number of hydrogen-bond acceptors (Lipinski definition) is 1. The highest BCUT2D eigenvalue weighted by Crippen LogP contribution is 2.65. The van der Waals surface area contributed by atoms with Gasteiger partial charge in [0.1, 0.15) is 0 Å². The maximum atomic E-state index is 9.72. The summed E-state index contributed by atoms with van der Waals surface area (Å²) in [5.41, 5.74) is 0. The highest BCUT2D eigenvalue weighted by atomic mass is 79.9. The second kappa shape index (κ2) is 2.85. The molecule has 2 saturated carbocycles. The van der Waals surface area contributed by atoms with Crippen LogP contribution in [0.15, 0.2) is 12.7 Å². The molecule has 2 heteroatoms. The average molecular weight is 231 g/mol. The summed E-state index contributed by atoms with van der Waals surface area (Å²) in [5, 5.41) is 9.72. The number of alkyl halides is 1. The Balaban J connectivity index is 2.09. The molecule has 0 heterocycles. The van der Waals surface area contributed by atoms with Crippen molar-refractivity contribution < 1.29 is 5.11 Å². The van der Waals surface area contributed by atoms with Crippen molar-refractivity contribution in [2.75, 3.05) is 0 Å². The van der Waals surface area contributed by atoms with Crippen LogP contribution in [0.1, 0.15) is 25.7 Å². The monoisotopic (exact) mass is 230 g/mol. The number of aliphatic hydroxyl groups excluding tert-OH is 1. The molecular weight excluding hydrogens is 216 g/mol. The molecule has 12 heavy (non-hydrogen) atoms. The standard InChI is InChI=1S/C10H15BrO/c1-2-9(12)10(11)7-5-3-4-6-8(7)10/h2,7-9,12H,1,3-6H2/t7-,8+,9?,10?. The summed E-state index contributed by atoms with van der Waals surface area (Å²) in [5.74, 6) is 1.42. The number of fused-ring (bicyclic) bond motifs is 1. The first-order valence-electron chi connectivity index (χ1n) is 4.70. The fourth-order valence-corrected chi connectivity index (χ4v) is 3.87. The van der Waals surface area contributed by atoms with E-state index in [2.05, 4.69) is 22.5 Å². The Hall–Kier alpha value is 0.180. The van der Waals surface area contributed by atoms with E-state index in [4.69, 9.17) is 0 Å². The minimum absolute atomic E-state index is 0.00521. The third-order valence-electron chi connectivity index (χ3n) is 3.47. The molecule has 0 amide bonds. The van der Waals surface area contributed by atoms with Crippen LogP contribution in [0.3, 0.4) is 0 Å². The summed E-state index contributed by atoms with van der Waals surface area (Å²) in [6, 6.07) is 0. The van der Waals surface area contributed by atoms with Crippen LogP contribution in [0.5, 0.6) is 0 Å². The highest BCUT2D eigenvalue weighted by molar-refractivity contribution is 9.10. The van der Waals surface area contributed by atoms with E-state index in [0.717, 1.165) is 0 Å². The fourth-order valence-electron chi connectivity index (χ4n) is 2.72. The molecular formula is C10H15BrO. The zero-order valence-corrected chi connectivity index (χ0v) is 8.76. The third kappa shape index (κ3) is 1.01. The SMILES string of the molecule is C=CC(O)C1(Br)[C@@H]2CCCC[C@@H]21. The molecule has 2 fully saturated rings. The lowest BCUT2D eigenvalue weighted by molar-refractivity contribution is 0.205. The Bertz CT molecular complexity index is 190. The average Bonchev–Trinajstić information content (AvgIpc) is 2.74. The molecule has 0 aromatic rings. The number of rotatable bonds is 2. The molecule has 68 valence electrons. The van der Waals surface area contributed by atoms with E-state index < -0.39 is 0 Å². The van der Waals surface area contributed by atoms with Gasteiger partial charge in [0.05, 0.1) is 10.4 Å². The highest BCUT2D eigenvalue weighted by Gasteiger charge is 2.65. The van der Waals surface area contributed by atoms with Crippen LogP contribution in [0.4, 0.5) is 0 Å². The van der Waals surface area contributed by atoms with E-state index in [1.807, 2.05) is 0 Å². The molecule has 2 aliphatic rings. The van der Waals surface area contributed by atoms with Gasteiger partial charge in [0.15, 0.2) is 0 Å². The van der Waals surface area contributed by atoms with Gasteiger partial charge in [-0.1, -0.05) is 34.8 Å². The maximum Gasteiger partial charge on any atom is 0.0877 e. The van der Waals surface area contributed by atoms with Crippen LogP contribution < -0.4 is 0 Å². The lowest BCUT2D eigenvalue weighted by Crippen LogP contribution is -2.22. The molecule has 2 rings (SSSR count). The fraction of sp³-hybridized carbons (Fsp3) is 0.800. The van der Waals surface area contributed by atoms with Crippen molar-refractivity contribution in [3.05, 3.63) is 12.7 Å². The Morgan fingerprint density at radius 1 is 1.42 bits per heavy atom. The summed E-state index contributed by atoms with van der Waals surface area (Å²) in [6.45, 7) is 3.64. The normalized spacial score (nSPS) is 47.8. The molecule has 4 atom stereocenters. The lowest BCUT2D eigenvalue weighted by atomic mass is 10.0. The van der Waals surface area contributed by atoms with Gasteiger partial charge in [-0.15, -0.1) is 6.58 Å². The van der Waals surface area contributed by atoms with E-state index in [1.54, 1.807) is 6.08 Å². The van der Waals surface area contributed by atoms with Gasteiger partial charge in [0.25, 0.3) is 0 Å². The van der Waals surface area contributed by atoms with Crippen molar-refractivity contribution in [2.24, 2.45) is 11.8 Å². The number of hydrogen-bond donors (Lipinski definition) is 1. The van der Waals surface area contributed by atoms with Gasteiger partial charge in [-0.05, 0) is 24.7 Å². The quantitative estimate of drug-likeness (QED) is 0.571. The number of aliphatic hydroxyl groups is 1. The smallest absolute Gasteiger partial charge is 0.0877 e. The van der Waals surface area contributed by atoms with E-state index in [-0.39, 0.29) is 10.4 Å². The van der Waals surface area contributed by atoms with Gasteiger partial charge in [0.2, 0.25) is 0 Å². The zero-order valence-electron chi connectivity index (χ0n) is 7.17. The van der Waals surface area contributed by atoms with Crippen molar-refractivity contribution in [3.8, 4) is 0 Å². The predicted molar refractivity (Wildman–Crippen MR) is 53.3 cm³/mol. The zero-order chi connectivity index (χ0) is 8.77. The summed E-state index contributed by atoms with van der Waals surface area (Å²) in [6.07, 6.45) is 6.52. The van der Waals surface area contributed by atoms with E-state index in [1.165, 1.54) is 25.7 Å². The van der Waals surface area contributed by atoms with Gasteiger partial charge in [-0.3, -0.25) is 0 Å². The van der Waals surface area contributed by atoms with Crippen molar-refractivity contribution in [1.29, 1.82) is 0 Å². The summed E-state index contributed by atoms with van der Waals surface area (Å²) >= 11 is 3.69. The van der Waals surface area contributed by atoms with Gasteiger partial charge < -0.3 is 5.11 Å². The Labute approximate surface area is 82.0 Å². The minimum atomic E-state index is -0.356. The first kappa shape index (κ1) is 8.76. The van der Waals surface area contributed by atoms with Crippen molar-refractivity contribution in [1.82, 2.24) is 0 Å². The summed E-state index contributed by atoms with van der Waals surface area (Å²) in [7, 11) is 0. The van der Waals surface area contributed by atoms with Crippen LogP contribution in [0.2, 0.25) is 0 Å². The van der Waals surface area contributed by atoms with Crippen LogP contribution in [-0.4, -0.2) is 15.5 Å². The Kier molecular flexibility index (Phi) is 2.08. The van der Waals surface area contributed by atoms with Crippen molar-refractivity contribution >= 4 is 15.9 Å². The van der Waals surface area contributed by atoms with Gasteiger partial charge in [-0.2, -0.15) is 0 Å². The van der Waals surface area contributed by atoms with Crippen molar-refractivity contribution in [2.45, 2.75) is 36.1 Å². The molecule has 0 spiro atoms.